The van der Waals surface area contributed by atoms with Gasteiger partial charge in [-0.15, -0.1) is 11.3 Å². The zero-order chi connectivity index (χ0) is 14.6. The number of H-pyrrole nitrogens is 1. The molecule has 2 heterocycles. The summed E-state index contributed by atoms with van der Waals surface area (Å²) in [7, 11) is -3.57. The Morgan fingerprint density at radius 2 is 2.30 bits per heavy atom. The molecule has 0 aliphatic heterocycles. The third-order valence-corrected chi connectivity index (χ3v) is 5.38. The van der Waals surface area contributed by atoms with Crippen LogP contribution in [0.2, 0.25) is 0 Å². The lowest BCUT2D eigenvalue weighted by Crippen LogP contribution is -2.28. The molecule has 7 nitrogen and oxygen atoms in total. The zero-order valence-electron chi connectivity index (χ0n) is 11.3. The van der Waals surface area contributed by atoms with Crippen molar-refractivity contribution in [2.75, 3.05) is 6.54 Å². The van der Waals surface area contributed by atoms with Gasteiger partial charge in [0, 0.05) is 11.4 Å². The van der Waals surface area contributed by atoms with Gasteiger partial charge in [-0.25, -0.2) is 18.1 Å². The number of hydrogen-bond donors (Lipinski definition) is 3. The van der Waals surface area contributed by atoms with E-state index in [0.29, 0.717) is 17.3 Å². The first-order valence-corrected chi connectivity index (χ1v) is 8.55. The molecular formula is C11H17N5O2S2. The smallest absolute Gasteiger partial charge is 0.242 e. The summed E-state index contributed by atoms with van der Waals surface area (Å²) in [6.45, 7) is 5.03. The number of sulfonamides is 1. The first-order valence-electron chi connectivity index (χ1n) is 6.19. The Bertz CT molecular complexity index is 636. The van der Waals surface area contributed by atoms with Gasteiger partial charge < -0.3 is 5.32 Å². The van der Waals surface area contributed by atoms with Crippen LogP contribution >= 0.6 is 11.3 Å². The Morgan fingerprint density at radius 3 is 2.95 bits per heavy atom. The summed E-state index contributed by atoms with van der Waals surface area (Å²) in [4.78, 5) is 5.06. The second kappa shape index (κ2) is 6.44. The summed E-state index contributed by atoms with van der Waals surface area (Å²) < 4.78 is 27.4. The fourth-order valence-corrected chi connectivity index (χ4v) is 4.33. The average molecular weight is 315 g/mol. The molecule has 1 atom stereocenters. The molecule has 3 N–H and O–H groups in total. The Kier molecular flexibility index (Phi) is 4.86. The lowest BCUT2D eigenvalue weighted by Gasteiger charge is -2.12. The van der Waals surface area contributed by atoms with Crippen molar-refractivity contribution in [3.05, 3.63) is 28.5 Å². The largest absolute Gasteiger partial charge is 0.312 e. The van der Waals surface area contributed by atoms with E-state index in [9.17, 15) is 8.42 Å². The van der Waals surface area contributed by atoms with Gasteiger partial charge in [-0.3, -0.25) is 5.10 Å². The lowest BCUT2D eigenvalue weighted by molar-refractivity contribution is 0.559. The van der Waals surface area contributed by atoms with Crippen molar-refractivity contribution in [3.8, 4) is 0 Å². The molecule has 20 heavy (non-hydrogen) atoms. The second-order valence-corrected chi connectivity index (χ2v) is 6.89. The third-order valence-electron chi connectivity index (χ3n) is 2.71. The quantitative estimate of drug-likeness (QED) is 0.708. The first-order chi connectivity index (χ1) is 9.54. The van der Waals surface area contributed by atoms with Crippen molar-refractivity contribution in [2.24, 2.45) is 0 Å². The number of aromatic nitrogens is 3. The van der Waals surface area contributed by atoms with E-state index in [2.05, 4.69) is 25.2 Å². The number of nitrogens with one attached hydrogen (secondary N) is 3. The van der Waals surface area contributed by atoms with Crippen molar-refractivity contribution in [3.63, 3.8) is 0 Å². The van der Waals surface area contributed by atoms with Gasteiger partial charge >= 0.3 is 0 Å². The van der Waals surface area contributed by atoms with Crippen LogP contribution in [0, 0.1) is 0 Å². The molecule has 0 aliphatic rings. The Labute approximate surface area is 121 Å². The normalized spacial score (nSPS) is 13.5. The topological polar surface area (TPSA) is 99.8 Å². The van der Waals surface area contributed by atoms with Gasteiger partial charge in [-0.1, -0.05) is 6.92 Å². The van der Waals surface area contributed by atoms with Crippen LogP contribution in [0.5, 0.6) is 0 Å². The molecule has 0 aromatic carbocycles. The number of thiophene rings is 1. The molecule has 0 amide bonds. The van der Waals surface area contributed by atoms with E-state index in [1.54, 1.807) is 18.4 Å². The van der Waals surface area contributed by atoms with Gasteiger partial charge in [0.2, 0.25) is 10.0 Å². The SMILES string of the molecule is CCNCc1sccc1S(=O)(=O)NC(C)c1ncn[nH]1. The highest BCUT2D eigenvalue weighted by molar-refractivity contribution is 7.89. The van der Waals surface area contributed by atoms with Crippen LogP contribution in [0.1, 0.15) is 30.6 Å². The third kappa shape index (κ3) is 3.42. The van der Waals surface area contributed by atoms with Crippen LogP contribution in [0.4, 0.5) is 0 Å². The Morgan fingerprint density at radius 1 is 1.50 bits per heavy atom. The number of nitrogens with zero attached hydrogens (tertiary/aromatic N) is 2. The highest BCUT2D eigenvalue weighted by Gasteiger charge is 2.23. The van der Waals surface area contributed by atoms with E-state index in [1.165, 1.54) is 17.7 Å². The molecule has 0 saturated heterocycles. The summed E-state index contributed by atoms with van der Waals surface area (Å²) in [6, 6.07) is 1.15. The molecule has 0 aliphatic carbocycles. The number of hydrogen-bond acceptors (Lipinski definition) is 6. The predicted octanol–water partition coefficient (Wildman–Crippen LogP) is 1.02. The fraction of sp³-hybridized carbons (Fsp3) is 0.455. The van der Waals surface area contributed by atoms with E-state index >= 15 is 0 Å². The maximum Gasteiger partial charge on any atom is 0.242 e. The van der Waals surface area contributed by atoms with Gasteiger partial charge in [0.15, 0.2) is 0 Å². The predicted molar refractivity (Wildman–Crippen MR) is 76.8 cm³/mol. The minimum absolute atomic E-state index is 0.315. The van der Waals surface area contributed by atoms with Gasteiger partial charge in [0.05, 0.1) is 10.9 Å². The van der Waals surface area contributed by atoms with E-state index < -0.39 is 16.1 Å². The van der Waals surface area contributed by atoms with Crippen molar-refractivity contribution in [2.45, 2.75) is 31.3 Å². The molecular weight excluding hydrogens is 298 g/mol. The molecule has 0 saturated carbocycles. The van der Waals surface area contributed by atoms with Crippen molar-refractivity contribution >= 4 is 21.4 Å². The average Bonchev–Trinajstić information content (AvgIpc) is 3.07. The van der Waals surface area contributed by atoms with Gasteiger partial charge in [0.1, 0.15) is 12.2 Å². The second-order valence-electron chi connectivity index (χ2n) is 4.20. The summed E-state index contributed by atoms with van der Waals surface area (Å²) >= 11 is 1.42. The highest BCUT2D eigenvalue weighted by Crippen LogP contribution is 2.23. The van der Waals surface area contributed by atoms with Crippen LogP contribution in [0.3, 0.4) is 0 Å². The molecule has 110 valence electrons. The number of aromatic amines is 1. The maximum absolute atomic E-state index is 12.4. The highest BCUT2D eigenvalue weighted by atomic mass is 32.2. The summed E-state index contributed by atoms with van der Waals surface area (Å²) in [5, 5.41) is 11.3. The van der Waals surface area contributed by atoms with Crippen LogP contribution in [0.15, 0.2) is 22.7 Å². The van der Waals surface area contributed by atoms with E-state index in [1.807, 2.05) is 6.92 Å². The van der Waals surface area contributed by atoms with Gasteiger partial charge in [-0.2, -0.15) is 5.10 Å². The fourth-order valence-electron chi connectivity index (χ4n) is 1.71. The standard InChI is InChI=1S/C11H17N5O2S2/c1-3-12-6-9-10(4-5-19-9)20(17,18)16-8(2)11-13-7-14-15-11/h4-5,7-8,12,16H,3,6H2,1-2H3,(H,13,14,15). The minimum Gasteiger partial charge on any atom is -0.312 e. The lowest BCUT2D eigenvalue weighted by atomic mass is 10.3. The molecule has 0 spiro atoms. The molecule has 0 radical (unpaired) electrons. The van der Waals surface area contributed by atoms with Crippen LogP contribution in [0.25, 0.3) is 0 Å². The Balaban J connectivity index is 2.16. The van der Waals surface area contributed by atoms with Crippen LogP contribution in [-0.2, 0) is 16.6 Å². The van der Waals surface area contributed by atoms with Gasteiger partial charge in [0.25, 0.3) is 0 Å². The van der Waals surface area contributed by atoms with E-state index in [4.69, 9.17) is 0 Å². The number of rotatable bonds is 7. The molecule has 2 aromatic heterocycles. The summed E-state index contributed by atoms with van der Waals surface area (Å²) in [6.07, 6.45) is 1.35. The molecule has 0 bridgehead atoms. The van der Waals surface area contributed by atoms with Crippen molar-refractivity contribution in [1.82, 2.24) is 25.2 Å². The monoisotopic (exact) mass is 315 g/mol. The summed E-state index contributed by atoms with van der Waals surface area (Å²) in [5.74, 6) is 0.483. The molecule has 1 unspecified atom stereocenters. The first kappa shape index (κ1) is 15.1. The molecule has 9 heteroatoms. The van der Waals surface area contributed by atoms with Crippen molar-refractivity contribution in [1.29, 1.82) is 0 Å². The molecule has 2 rings (SSSR count). The minimum atomic E-state index is -3.57. The molecule has 2 aromatic rings. The maximum atomic E-state index is 12.4. The zero-order valence-corrected chi connectivity index (χ0v) is 12.9. The molecule has 0 fully saturated rings. The van der Waals surface area contributed by atoms with Crippen molar-refractivity contribution < 1.29 is 8.42 Å². The van der Waals surface area contributed by atoms with Gasteiger partial charge in [-0.05, 0) is 24.9 Å². The van der Waals surface area contributed by atoms with E-state index in [0.717, 1.165) is 11.4 Å². The van der Waals surface area contributed by atoms with Crippen LogP contribution in [-0.4, -0.2) is 30.1 Å². The van der Waals surface area contributed by atoms with E-state index in [-0.39, 0.29) is 0 Å². The summed E-state index contributed by atoms with van der Waals surface area (Å²) in [5.41, 5.74) is 0. The Hall–Kier alpha value is -1.29. The van der Waals surface area contributed by atoms with Crippen LogP contribution < -0.4 is 10.0 Å².